The van der Waals surface area contributed by atoms with E-state index in [1.165, 1.54) is 0 Å². The number of aromatic nitrogens is 1. The zero-order valence-corrected chi connectivity index (χ0v) is 11.7. The summed E-state index contributed by atoms with van der Waals surface area (Å²) >= 11 is 1.61. The van der Waals surface area contributed by atoms with Gasteiger partial charge in [-0.1, -0.05) is 26.0 Å². The first-order valence-electron chi connectivity index (χ1n) is 5.98. The van der Waals surface area contributed by atoms with Crippen LogP contribution in [0.15, 0.2) is 29.6 Å². The monoisotopic (exact) mass is 262 g/mol. The minimum absolute atomic E-state index is 0.00953. The Labute approximate surface area is 112 Å². The van der Waals surface area contributed by atoms with Crippen LogP contribution in [0.4, 0.5) is 0 Å². The number of nitrogens with two attached hydrogens (primary N) is 1. The molecule has 18 heavy (non-hydrogen) atoms. The third kappa shape index (κ3) is 2.54. The highest BCUT2D eigenvalue weighted by Crippen LogP contribution is 2.33. The molecule has 1 heterocycles. The minimum atomic E-state index is -0.00953. The Balaban J connectivity index is 2.35. The Morgan fingerprint density at radius 2 is 2.00 bits per heavy atom. The van der Waals surface area contributed by atoms with Crippen molar-refractivity contribution in [2.75, 3.05) is 7.11 Å². The predicted molar refractivity (Wildman–Crippen MR) is 75.9 cm³/mol. The predicted octanol–water partition coefficient (Wildman–Crippen LogP) is 3.47. The number of ether oxygens (including phenoxy) is 1. The highest BCUT2D eigenvalue weighted by atomic mass is 32.1. The number of methoxy groups -OCH3 is 1. The van der Waals surface area contributed by atoms with Crippen LogP contribution in [-0.4, -0.2) is 12.1 Å². The van der Waals surface area contributed by atoms with Crippen molar-refractivity contribution in [1.29, 1.82) is 0 Å². The zero-order valence-electron chi connectivity index (χ0n) is 10.9. The minimum Gasteiger partial charge on any atom is -0.496 e. The first-order chi connectivity index (χ1) is 8.63. The van der Waals surface area contributed by atoms with Crippen molar-refractivity contribution in [1.82, 2.24) is 4.98 Å². The number of rotatable bonds is 4. The molecule has 2 N–H and O–H groups in total. The Hall–Kier alpha value is -1.39. The number of hydrogen-bond donors (Lipinski definition) is 1. The van der Waals surface area contributed by atoms with Crippen molar-refractivity contribution in [3.8, 4) is 16.3 Å². The van der Waals surface area contributed by atoms with Crippen molar-refractivity contribution >= 4 is 11.3 Å². The van der Waals surface area contributed by atoms with Crippen LogP contribution in [0.5, 0.6) is 5.75 Å². The van der Waals surface area contributed by atoms with Crippen LogP contribution in [0.25, 0.3) is 10.6 Å². The van der Waals surface area contributed by atoms with Crippen molar-refractivity contribution in [2.24, 2.45) is 11.7 Å². The van der Waals surface area contributed by atoms with E-state index in [1.54, 1.807) is 18.4 Å². The third-order valence-electron chi connectivity index (χ3n) is 2.92. The second-order valence-corrected chi connectivity index (χ2v) is 5.41. The van der Waals surface area contributed by atoms with Gasteiger partial charge in [0.1, 0.15) is 10.8 Å². The van der Waals surface area contributed by atoms with Crippen molar-refractivity contribution < 1.29 is 4.74 Å². The van der Waals surface area contributed by atoms with Crippen LogP contribution in [0, 0.1) is 5.92 Å². The molecule has 4 heteroatoms. The molecule has 0 amide bonds. The van der Waals surface area contributed by atoms with Crippen molar-refractivity contribution in [3.05, 3.63) is 35.3 Å². The maximum Gasteiger partial charge on any atom is 0.129 e. The van der Waals surface area contributed by atoms with E-state index in [0.29, 0.717) is 5.92 Å². The smallest absolute Gasteiger partial charge is 0.129 e. The molecule has 1 atom stereocenters. The van der Waals surface area contributed by atoms with Gasteiger partial charge in [0.2, 0.25) is 0 Å². The van der Waals surface area contributed by atoms with Gasteiger partial charge < -0.3 is 10.5 Å². The standard InChI is InChI=1S/C14H18N2OS/c1-9(2)13(15)11-8-18-14(16-11)10-6-4-5-7-12(10)17-3/h4-9,13H,15H2,1-3H3. The molecule has 0 bridgehead atoms. The van der Waals surface area contributed by atoms with Gasteiger partial charge in [-0.05, 0) is 18.1 Å². The van der Waals surface area contributed by atoms with Gasteiger partial charge in [0, 0.05) is 5.38 Å². The van der Waals surface area contributed by atoms with Crippen molar-refractivity contribution in [2.45, 2.75) is 19.9 Å². The van der Waals surface area contributed by atoms with E-state index in [9.17, 15) is 0 Å². The maximum atomic E-state index is 6.11. The molecule has 1 unspecified atom stereocenters. The number of benzene rings is 1. The molecule has 96 valence electrons. The van der Waals surface area contributed by atoms with Gasteiger partial charge in [0.25, 0.3) is 0 Å². The highest BCUT2D eigenvalue weighted by molar-refractivity contribution is 7.13. The molecule has 0 aliphatic carbocycles. The van der Waals surface area contributed by atoms with E-state index in [-0.39, 0.29) is 6.04 Å². The largest absolute Gasteiger partial charge is 0.496 e. The highest BCUT2D eigenvalue weighted by Gasteiger charge is 2.16. The topological polar surface area (TPSA) is 48.1 Å². The Kier molecular flexibility index (Phi) is 3.99. The van der Waals surface area contributed by atoms with Crippen LogP contribution in [-0.2, 0) is 0 Å². The molecule has 2 rings (SSSR count). The Morgan fingerprint density at radius 1 is 1.28 bits per heavy atom. The fourth-order valence-corrected chi connectivity index (χ4v) is 2.62. The molecule has 0 aliphatic heterocycles. The van der Waals surface area contributed by atoms with E-state index in [0.717, 1.165) is 22.0 Å². The van der Waals surface area contributed by atoms with Crippen molar-refractivity contribution in [3.63, 3.8) is 0 Å². The van der Waals surface area contributed by atoms with Gasteiger partial charge in [0.05, 0.1) is 24.4 Å². The van der Waals surface area contributed by atoms with E-state index in [2.05, 4.69) is 18.8 Å². The molecule has 0 spiro atoms. The molecule has 0 saturated carbocycles. The molecule has 1 aromatic carbocycles. The summed E-state index contributed by atoms with van der Waals surface area (Å²) < 4.78 is 5.35. The molecular formula is C14H18N2OS. The molecule has 2 aromatic rings. The second kappa shape index (κ2) is 5.50. The Bertz CT molecular complexity index is 522. The summed E-state index contributed by atoms with van der Waals surface area (Å²) in [6, 6.07) is 7.89. The van der Waals surface area contributed by atoms with Crippen LogP contribution >= 0.6 is 11.3 Å². The lowest BCUT2D eigenvalue weighted by Crippen LogP contribution is -2.16. The van der Waals surface area contributed by atoms with E-state index >= 15 is 0 Å². The maximum absolute atomic E-state index is 6.11. The first kappa shape index (κ1) is 13.1. The molecule has 3 nitrogen and oxygen atoms in total. The first-order valence-corrected chi connectivity index (χ1v) is 6.86. The number of hydrogen-bond acceptors (Lipinski definition) is 4. The molecule has 0 fully saturated rings. The molecular weight excluding hydrogens is 244 g/mol. The lowest BCUT2D eigenvalue weighted by molar-refractivity contribution is 0.416. The van der Waals surface area contributed by atoms with E-state index < -0.39 is 0 Å². The number of thiazole rings is 1. The molecule has 0 aliphatic rings. The van der Waals surface area contributed by atoms with Crippen LogP contribution in [0.2, 0.25) is 0 Å². The number of para-hydroxylation sites is 1. The quantitative estimate of drug-likeness (QED) is 0.917. The second-order valence-electron chi connectivity index (χ2n) is 4.55. The molecule has 0 radical (unpaired) electrons. The van der Waals surface area contributed by atoms with E-state index in [1.807, 2.05) is 29.6 Å². The Morgan fingerprint density at radius 3 is 2.67 bits per heavy atom. The zero-order chi connectivity index (χ0) is 13.1. The average molecular weight is 262 g/mol. The average Bonchev–Trinajstić information content (AvgIpc) is 2.87. The summed E-state index contributed by atoms with van der Waals surface area (Å²) in [7, 11) is 1.67. The van der Waals surface area contributed by atoms with E-state index in [4.69, 9.17) is 10.5 Å². The van der Waals surface area contributed by atoms with Gasteiger partial charge in [-0.2, -0.15) is 0 Å². The molecule has 1 aromatic heterocycles. The van der Waals surface area contributed by atoms with Gasteiger partial charge in [-0.25, -0.2) is 4.98 Å². The number of nitrogens with zero attached hydrogens (tertiary/aromatic N) is 1. The summed E-state index contributed by atoms with van der Waals surface area (Å²) in [5.41, 5.74) is 8.09. The van der Waals surface area contributed by atoms with Crippen LogP contribution in [0.1, 0.15) is 25.6 Å². The SMILES string of the molecule is COc1ccccc1-c1nc(C(N)C(C)C)cs1. The lowest BCUT2D eigenvalue weighted by atomic mass is 10.0. The fraction of sp³-hybridized carbons (Fsp3) is 0.357. The lowest BCUT2D eigenvalue weighted by Gasteiger charge is -2.12. The summed E-state index contributed by atoms with van der Waals surface area (Å²) in [6.07, 6.45) is 0. The fourth-order valence-electron chi connectivity index (χ4n) is 1.73. The van der Waals surface area contributed by atoms with Gasteiger partial charge in [-0.15, -0.1) is 11.3 Å². The van der Waals surface area contributed by atoms with Gasteiger partial charge >= 0.3 is 0 Å². The molecule has 0 saturated heterocycles. The van der Waals surface area contributed by atoms with Crippen LogP contribution < -0.4 is 10.5 Å². The summed E-state index contributed by atoms with van der Waals surface area (Å²) in [5, 5.41) is 2.99. The normalized spacial score (nSPS) is 12.7. The van der Waals surface area contributed by atoms with Crippen LogP contribution in [0.3, 0.4) is 0 Å². The van der Waals surface area contributed by atoms with Gasteiger partial charge in [-0.3, -0.25) is 0 Å². The summed E-state index contributed by atoms with van der Waals surface area (Å²) in [6.45, 7) is 4.21. The third-order valence-corrected chi connectivity index (χ3v) is 3.81. The summed E-state index contributed by atoms with van der Waals surface area (Å²) in [5.74, 6) is 1.23. The van der Waals surface area contributed by atoms with Gasteiger partial charge in [0.15, 0.2) is 0 Å². The summed E-state index contributed by atoms with van der Waals surface area (Å²) in [4.78, 5) is 4.62.